The molecule has 104 valence electrons. The molecule has 0 radical (unpaired) electrons. The van der Waals surface area contributed by atoms with Crippen LogP contribution in [-0.2, 0) is 6.54 Å². The minimum absolute atomic E-state index is 0.120. The second-order valence-corrected chi connectivity index (χ2v) is 5.86. The molecule has 0 bridgehead atoms. The highest BCUT2D eigenvalue weighted by atomic mass is 15.4. The van der Waals surface area contributed by atoms with Crippen LogP contribution >= 0.6 is 0 Å². The molecule has 0 aliphatic carbocycles. The largest absolute Gasteiger partial charge is 0.315 e. The topological polar surface area (TPSA) is 53.3 Å². The van der Waals surface area contributed by atoms with E-state index >= 15 is 0 Å². The maximum Gasteiger partial charge on any atom is 0.0694 e. The van der Waals surface area contributed by atoms with E-state index in [2.05, 4.69) is 46.1 Å². The first-order valence-corrected chi connectivity index (χ1v) is 7.34. The maximum absolute atomic E-state index is 5.90. The summed E-state index contributed by atoms with van der Waals surface area (Å²) < 4.78 is 0. The van der Waals surface area contributed by atoms with Gasteiger partial charge in [0.2, 0.25) is 0 Å². The number of rotatable bonds is 3. The zero-order valence-electron chi connectivity index (χ0n) is 11.4. The van der Waals surface area contributed by atoms with E-state index in [1.165, 1.54) is 31.5 Å². The molecule has 2 saturated heterocycles. The third kappa shape index (κ3) is 3.34. The van der Waals surface area contributed by atoms with Gasteiger partial charge in [0.25, 0.3) is 0 Å². The van der Waals surface area contributed by atoms with Gasteiger partial charge in [0, 0.05) is 19.1 Å². The SMILES string of the molecule is NC1CC(C2CCCN(Cc3ccccc3)C2)NN1. The Morgan fingerprint density at radius 3 is 2.79 bits per heavy atom. The van der Waals surface area contributed by atoms with Gasteiger partial charge < -0.3 is 5.73 Å². The zero-order valence-corrected chi connectivity index (χ0v) is 11.4. The molecule has 0 amide bonds. The van der Waals surface area contributed by atoms with E-state index in [0.29, 0.717) is 6.04 Å². The molecule has 2 fully saturated rings. The van der Waals surface area contributed by atoms with Crippen molar-refractivity contribution in [1.82, 2.24) is 15.8 Å². The van der Waals surface area contributed by atoms with Crippen LogP contribution in [0.1, 0.15) is 24.8 Å². The van der Waals surface area contributed by atoms with Crippen molar-refractivity contribution in [1.29, 1.82) is 0 Å². The smallest absolute Gasteiger partial charge is 0.0694 e. The normalized spacial score (nSPS) is 32.6. The molecule has 0 saturated carbocycles. The van der Waals surface area contributed by atoms with Gasteiger partial charge in [0.1, 0.15) is 0 Å². The molecule has 19 heavy (non-hydrogen) atoms. The minimum atomic E-state index is 0.120. The molecule has 4 nitrogen and oxygen atoms in total. The van der Waals surface area contributed by atoms with Crippen molar-refractivity contribution in [2.24, 2.45) is 11.7 Å². The molecular formula is C15H24N4. The summed E-state index contributed by atoms with van der Waals surface area (Å²) in [4.78, 5) is 2.58. The first kappa shape index (κ1) is 13.1. The first-order valence-electron chi connectivity index (χ1n) is 7.34. The maximum atomic E-state index is 5.90. The van der Waals surface area contributed by atoms with Gasteiger partial charge in [-0.3, -0.25) is 10.3 Å². The molecule has 2 aliphatic heterocycles. The third-order valence-electron chi connectivity index (χ3n) is 4.32. The van der Waals surface area contributed by atoms with E-state index in [-0.39, 0.29) is 6.17 Å². The fraction of sp³-hybridized carbons (Fsp3) is 0.600. The average Bonchev–Trinajstić information content (AvgIpc) is 2.87. The Labute approximate surface area is 115 Å². The van der Waals surface area contributed by atoms with Gasteiger partial charge in [-0.2, -0.15) is 0 Å². The number of nitrogens with zero attached hydrogens (tertiary/aromatic N) is 1. The van der Waals surface area contributed by atoms with Crippen LogP contribution < -0.4 is 16.6 Å². The molecule has 3 rings (SSSR count). The molecule has 2 aliphatic rings. The highest BCUT2D eigenvalue weighted by Gasteiger charge is 2.31. The monoisotopic (exact) mass is 260 g/mol. The summed E-state index contributed by atoms with van der Waals surface area (Å²) >= 11 is 0. The average molecular weight is 260 g/mol. The van der Waals surface area contributed by atoms with Gasteiger partial charge in [-0.25, -0.2) is 5.43 Å². The first-order chi connectivity index (χ1) is 9.31. The van der Waals surface area contributed by atoms with Gasteiger partial charge in [0.15, 0.2) is 0 Å². The van der Waals surface area contributed by atoms with Gasteiger partial charge in [0.05, 0.1) is 6.17 Å². The molecule has 0 spiro atoms. The van der Waals surface area contributed by atoms with Crippen LogP contribution in [0.4, 0.5) is 0 Å². The summed E-state index contributed by atoms with van der Waals surface area (Å²) in [6, 6.07) is 11.3. The second kappa shape index (κ2) is 6.01. The second-order valence-electron chi connectivity index (χ2n) is 5.86. The molecule has 2 heterocycles. The summed E-state index contributed by atoms with van der Waals surface area (Å²) in [6.45, 7) is 3.47. The minimum Gasteiger partial charge on any atom is -0.315 e. The van der Waals surface area contributed by atoms with Crippen molar-refractivity contribution in [2.45, 2.75) is 38.0 Å². The number of likely N-dealkylation sites (tertiary alicyclic amines) is 1. The molecular weight excluding hydrogens is 236 g/mol. The predicted molar refractivity (Wildman–Crippen MR) is 77.1 cm³/mol. The van der Waals surface area contributed by atoms with Crippen LogP contribution in [0.2, 0.25) is 0 Å². The number of hydrogen-bond donors (Lipinski definition) is 3. The number of benzene rings is 1. The van der Waals surface area contributed by atoms with Crippen LogP contribution in [0.5, 0.6) is 0 Å². The summed E-state index contributed by atoms with van der Waals surface area (Å²) in [5.74, 6) is 0.721. The van der Waals surface area contributed by atoms with Gasteiger partial charge >= 0.3 is 0 Å². The van der Waals surface area contributed by atoms with E-state index in [9.17, 15) is 0 Å². The van der Waals surface area contributed by atoms with Crippen molar-refractivity contribution < 1.29 is 0 Å². The molecule has 0 aromatic heterocycles. The molecule has 4 heteroatoms. The summed E-state index contributed by atoms with van der Waals surface area (Å²) in [6.07, 6.45) is 3.78. The Bertz CT molecular complexity index is 394. The van der Waals surface area contributed by atoms with E-state index < -0.39 is 0 Å². The van der Waals surface area contributed by atoms with E-state index in [1.807, 2.05) is 0 Å². The van der Waals surface area contributed by atoms with Gasteiger partial charge in [-0.15, -0.1) is 0 Å². The quantitative estimate of drug-likeness (QED) is 0.760. The van der Waals surface area contributed by atoms with Crippen molar-refractivity contribution in [2.75, 3.05) is 13.1 Å². The molecule has 3 unspecified atom stereocenters. The standard InChI is InChI=1S/C15H24N4/c16-15-9-14(17-18-15)13-7-4-8-19(11-13)10-12-5-2-1-3-6-12/h1-3,5-6,13-15,17-18H,4,7-11,16H2. The fourth-order valence-corrected chi connectivity index (χ4v) is 3.32. The Balaban J connectivity index is 1.56. The highest BCUT2D eigenvalue weighted by molar-refractivity contribution is 5.14. The predicted octanol–water partition coefficient (Wildman–Crippen LogP) is 1.05. The number of piperidine rings is 1. The van der Waals surface area contributed by atoms with Gasteiger partial charge in [-0.1, -0.05) is 30.3 Å². The van der Waals surface area contributed by atoms with Gasteiger partial charge in [-0.05, 0) is 37.3 Å². The number of nitrogens with two attached hydrogens (primary N) is 1. The molecule has 4 N–H and O–H groups in total. The van der Waals surface area contributed by atoms with Crippen molar-refractivity contribution in [3.8, 4) is 0 Å². The summed E-state index contributed by atoms with van der Waals surface area (Å²) in [5.41, 5.74) is 13.8. The Kier molecular flexibility index (Phi) is 4.13. The Morgan fingerprint density at radius 2 is 2.05 bits per heavy atom. The Hall–Kier alpha value is -0.940. The van der Waals surface area contributed by atoms with Crippen LogP contribution in [0.3, 0.4) is 0 Å². The number of hydrazine groups is 1. The highest BCUT2D eigenvalue weighted by Crippen LogP contribution is 2.24. The van der Waals surface area contributed by atoms with E-state index in [0.717, 1.165) is 18.9 Å². The lowest BCUT2D eigenvalue weighted by Gasteiger charge is -2.35. The fourth-order valence-electron chi connectivity index (χ4n) is 3.32. The van der Waals surface area contributed by atoms with Crippen LogP contribution in [0.25, 0.3) is 0 Å². The Morgan fingerprint density at radius 1 is 1.21 bits per heavy atom. The number of hydrogen-bond acceptors (Lipinski definition) is 4. The zero-order chi connectivity index (χ0) is 13.1. The van der Waals surface area contributed by atoms with Crippen molar-refractivity contribution in [3.63, 3.8) is 0 Å². The summed E-state index contributed by atoms with van der Waals surface area (Å²) in [5, 5.41) is 0. The number of nitrogens with one attached hydrogen (secondary N) is 2. The lowest BCUT2D eigenvalue weighted by Crippen LogP contribution is -2.45. The molecule has 3 atom stereocenters. The summed E-state index contributed by atoms with van der Waals surface area (Å²) in [7, 11) is 0. The third-order valence-corrected chi connectivity index (χ3v) is 4.32. The molecule has 1 aromatic carbocycles. The van der Waals surface area contributed by atoms with Crippen LogP contribution in [0.15, 0.2) is 30.3 Å². The van der Waals surface area contributed by atoms with Crippen LogP contribution in [0, 0.1) is 5.92 Å². The molecule has 1 aromatic rings. The van der Waals surface area contributed by atoms with Crippen molar-refractivity contribution in [3.05, 3.63) is 35.9 Å². The van der Waals surface area contributed by atoms with E-state index in [1.54, 1.807) is 0 Å². The van der Waals surface area contributed by atoms with E-state index in [4.69, 9.17) is 5.73 Å². The lowest BCUT2D eigenvalue weighted by atomic mass is 9.89. The lowest BCUT2D eigenvalue weighted by molar-refractivity contribution is 0.143. The van der Waals surface area contributed by atoms with Crippen molar-refractivity contribution >= 4 is 0 Å². The van der Waals surface area contributed by atoms with Crippen LogP contribution in [-0.4, -0.2) is 30.2 Å².